The second-order valence-corrected chi connectivity index (χ2v) is 7.98. The van der Waals surface area contributed by atoms with Crippen molar-refractivity contribution in [2.75, 3.05) is 6.61 Å². The van der Waals surface area contributed by atoms with Crippen molar-refractivity contribution < 1.29 is 14.5 Å². The number of nitro benzene ring substituents is 1. The van der Waals surface area contributed by atoms with Gasteiger partial charge in [-0.25, -0.2) is 4.98 Å². The van der Waals surface area contributed by atoms with Gasteiger partial charge in [-0.3, -0.25) is 24.3 Å². The molecule has 0 aliphatic carbocycles. The molecule has 8 nitrogen and oxygen atoms in total. The van der Waals surface area contributed by atoms with Gasteiger partial charge in [-0.1, -0.05) is 30.3 Å². The van der Waals surface area contributed by atoms with Gasteiger partial charge in [-0.15, -0.1) is 11.3 Å². The number of esters is 1. The number of benzene rings is 2. The summed E-state index contributed by atoms with van der Waals surface area (Å²) in [5.41, 5.74) is 2.08. The lowest BCUT2D eigenvalue weighted by Gasteiger charge is -2.07. The van der Waals surface area contributed by atoms with Gasteiger partial charge in [-0.2, -0.15) is 0 Å². The number of nitrogens with zero attached hydrogens (tertiary/aromatic N) is 3. The van der Waals surface area contributed by atoms with Crippen LogP contribution >= 0.6 is 11.3 Å². The monoisotopic (exact) mass is 449 g/mol. The summed E-state index contributed by atoms with van der Waals surface area (Å²) in [5.74, 6) is -0.506. The van der Waals surface area contributed by atoms with Crippen LogP contribution in [0.3, 0.4) is 0 Å². The van der Waals surface area contributed by atoms with E-state index in [9.17, 15) is 19.7 Å². The van der Waals surface area contributed by atoms with E-state index in [1.54, 1.807) is 17.5 Å². The molecule has 32 heavy (non-hydrogen) atoms. The summed E-state index contributed by atoms with van der Waals surface area (Å²) < 4.78 is 6.50. The van der Waals surface area contributed by atoms with Crippen LogP contribution in [0.4, 0.5) is 5.69 Å². The first kappa shape index (κ1) is 21.4. The number of hydrogen-bond acceptors (Lipinski definition) is 7. The van der Waals surface area contributed by atoms with Crippen LogP contribution in [0.25, 0.3) is 21.3 Å². The Morgan fingerprint density at radius 2 is 1.88 bits per heavy atom. The standard InChI is InChI=1S/C23H19N3O5S/c27-20(31-12-4-7-16-5-2-1-3-6-16)13-25-15-24-22-21(23(25)28)19(14-32-22)17-8-10-18(11-9-17)26(29)30/h1-3,5-6,8-11,14-15H,4,7,12-13H2. The van der Waals surface area contributed by atoms with Crippen LogP contribution in [0.1, 0.15) is 12.0 Å². The van der Waals surface area contributed by atoms with E-state index in [0.29, 0.717) is 27.8 Å². The number of carbonyl (C=O) groups is 1. The maximum absolute atomic E-state index is 13.0. The molecular weight excluding hydrogens is 430 g/mol. The van der Waals surface area contributed by atoms with Gasteiger partial charge in [0.15, 0.2) is 0 Å². The minimum absolute atomic E-state index is 0.0289. The largest absolute Gasteiger partial charge is 0.464 e. The Balaban J connectivity index is 1.46. The lowest BCUT2D eigenvalue weighted by atomic mass is 10.1. The molecule has 9 heteroatoms. The molecule has 4 rings (SSSR count). The molecule has 0 saturated heterocycles. The molecule has 0 aliphatic rings. The molecular formula is C23H19N3O5S. The van der Waals surface area contributed by atoms with Crippen molar-refractivity contribution in [1.29, 1.82) is 0 Å². The number of thiophene rings is 1. The summed E-state index contributed by atoms with van der Waals surface area (Å²) in [4.78, 5) is 40.5. The van der Waals surface area contributed by atoms with Crippen LogP contribution in [0.2, 0.25) is 0 Å². The van der Waals surface area contributed by atoms with E-state index in [2.05, 4.69) is 4.98 Å². The molecule has 0 atom stereocenters. The van der Waals surface area contributed by atoms with Gasteiger partial charge in [0, 0.05) is 23.1 Å². The Bertz CT molecular complexity index is 1310. The molecule has 162 valence electrons. The number of aromatic nitrogens is 2. The molecule has 0 radical (unpaired) electrons. The van der Waals surface area contributed by atoms with E-state index in [4.69, 9.17) is 4.74 Å². The molecule has 0 amide bonds. The van der Waals surface area contributed by atoms with Crippen LogP contribution in [-0.2, 0) is 22.5 Å². The van der Waals surface area contributed by atoms with Crippen LogP contribution in [0.15, 0.2) is 71.1 Å². The van der Waals surface area contributed by atoms with Gasteiger partial charge in [0.25, 0.3) is 11.2 Å². The lowest BCUT2D eigenvalue weighted by Crippen LogP contribution is -2.25. The van der Waals surface area contributed by atoms with Crippen LogP contribution in [-0.4, -0.2) is 27.1 Å². The molecule has 4 aromatic rings. The molecule has 0 saturated carbocycles. The highest BCUT2D eigenvalue weighted by atomic mass is 32.1. The normalized spacial score (nSPS) is 10.9. The van der Waals surface area contributed by atoms with Crippen molar-refractivity contribution in [2.45, 2.75) is 19.4 Å². The Morgan fingerprint density at radius 3 is 2.59 bits per heavy atom. The number of fused-ring (bicyclic) bond motifs is 1. The zero-order valence-electron chi connectivity index (χ0n) is 17.0. The van der Waals surface area contributed by atoms with E-state index in [0.717, 1.165) is 6.42 Å². The van der Waals surface area contributed by atoms with Gasteiger partial charge in [-0.05, 0) is 36.1 Å². The molecule has 2 aromatic heterocycles. The molecule has 0 spiro atoms. The summed E-state index contributed by atoms with van der Waals surface area (Å²) >= 11 is 1.30. The summed E-state index contributed by atoms with van der Waals surface area (Å²) in [7, 11) is 0. The minimum atomic E-state index is -0.506. The Labute approximate surface area is 186 Å². The maximum Gasteiger partial charge on any atom is 0.326 e. The van der Waals surface area contributed by atoms with E-state index < -0.39 is 10.9 Å². The summed E-state index contributed by atoms with van der Waals surface area (Å²) in [6.45, 7) is 0.0350. The van der Waals surface area contributed by atoms with Crippen molar-refractivity contribution >= 4 is 33.2 Å². The highest BCUT2D eigenvalue weighted by Crippen LogP contribution is 2.31. The number of aryl methyl sites for hydroxylation is 1. The highest BCUT2D eigenvalue weighted by molar-refractivity contribution is 7.17. The quantitative estimate of drug-likeness (QED) is 0.173. The molecule has 2 aromatic carbocycles. The molecule has 0 aliphatic heterocycles. The SMILES string of the molecule is O=C(Cn1cnc2scc(-c3ccc([N+](=O)[O-])cc3)c2c1=O)OCCCc1ccccc1. The summed E-state index contributed by atoms with van der Waals surface area (Å²) in [6.07, 6.45) is 2.83. The summed E-state index contributed by atoms with van der Waals surface area (Å²) in [6, 6.07) is 15.9. The number of carbonyl (C=O) groups excluding carboxylic acids is 1. The van der Waals surface area contributed by atoms with Gasteiger partial charge in [0.2, 0.25) is 0 Å². The van der Waals surface area contributed by atoms with Crippen molar-refractivity contribution in [3.63, 3.8) is 0 Å². The van der Waals surface area contributed by atoms with E-state index in [1.165, 1.54) is 39.9 Å². The third kappa shape index (κ3) is 4.73. The van der Waals surface area contributed by atoms with Crippen molar-refractivity contribution in [1.82, 2.24) is 9.55 Å². The van der Waals surface area contributed by atoms with Crippen LogP contribution in [0.5, 0.6) is 0 Å². The highest BCUT2D eigenvalue weighted by Gasteiger charge is 2.16. The minimum Gasteiger partial charge on any atom is -0.464 e. The fourth-order valence-corrected chi connectivity index (χ4v) is 4.25. The molecule has 0 unspecified atom stereocenters. The van der Waals surface area contributed by atoms with Crippen LogP contribution < -0.4 is 5.56 Å². The van der Waals surface area contributed by atoms with Gasteiger partial charge >= 0.3 is 5.97 Å². The first-order valence-electron chi connectivity index (χ1n) is 9.94. The van der Waals surface area contributed by atoms with Crippen molar-refractivity contribution in [2.24, 2.45) is 0 Å². The number of rotatable bonds is 8. The fraction of sp³-hybridized carbons (Fsp3) is 0.174. The van der Waals surface area contributed by atoms with Gasteiger partial charge in [0.1, 0.15) is 11.4 Å². The average Bonchev–Trinajstić information content (AvgIpc) is 3.24. The van der Waals surface area contributed by atoms with E-state index in [1.807, 2.05) is 30.3 Å². The number of nitro groups is 1. The topological polar surface area (TPSA) is 104 Å². The first-order chi connectivity index (χ1) is 15.5. The number of hydrogen-bond donors (Lipinski definition) is 0. The second-order valence-electron chi connectivity index (χ2n) is 7.12. The third-order valence-corrected chi connectivity index (χ3v) is 5.85. The zero-order valence-corrected chi connectivity index (χ0v) is 17.8. The molecule has 0 bridgehead atoms. The van der Waals surface area contributed by atoms with Crippen molar-refractivity contribution in [3.8, 4) is 11.1 Å². The number of non-ortho nitro benzene ring substituents is 1. The fourth-order valence-electron chi connectivity index (χ4n) is 3.35. The zero-order chi connectivity index (χ0) is 22.5. The predicted octanol–water partition coefficient (Wildman–Crippen LogP) is 4.21. The number of ether oxygens (including phenoxy) is 1. The van der Waals surface area contributed by atoms with Crippen molar-refractivity contribution in [3.05, 3.63) is 92.3 Å². The van der Waals surface area contributed by atoms with Crippen LogP contribution in [0, 0.1) is 10.1 Å². The maximum atomic E-state index is 13.0. The van der Waals surface area contributed by atoms with E-state index in [-0.39, 0.29) is 24.4 Å². The smallest absolute Gasteiger partial charge is 0.326 e. The molecule has 2 heterocycles. The van der Waals surface area contributed by atoms with Gasteiger partial charge < -0.3 is 4.74 Å². The second kappa shape index (κ2) is 9.52. The Kier molecular flexibility index (Phi) is 6.37. The Morgan fingerprint density at radius 1 is 1.12 bits per heavy atom. The molecule has 0 N–H and O–H groups in total. The van der Waals surface area contributed by atoms with E-state index >= 15 is 0 Å². The first-order valence-corrected chi connectivity index (χ1v) is 10.8. The van der Waals surface area contributed by atoms with Gasteiger partial charge in [0.05, 0.1) is 23.2 Å². The average molecular weight is 449 g/mol. The predicted molar refractivity (Wildman–Crippen MR) is 122 cm³/mol. The molecule has 0 fully saturated rings. The third-order valence-electron chi connectivity index (χ3n) is 4.96. The lowest BCUT2D eigenvalue weighted by molar-refractivity contribution is -0.384. The Hall–Kier alpha value is -3.85. The summed E-state index contributed by atoms with van der Waals surface area (Å²) in [5, 5.41) is 13.0.